The number of likely N-dealkylation sites (tertiary alicyclic amines) is 1. The van der Waals surface area contributed by atoms with Crippen LogP contribution in [0.15, 0.2) is 60.9 Å². The highest BCUT2D eigenvalue weighted by molar-refractivity contribution is 5.94. The summed E-state index contributed by atoms with van der Waals surface area (Å²) in [5.41, 5.74) is 4.10. The fraction of sp³-hybridized carbons (Fsp3) is 0.417. The van der Waals surface area contributed by atoms with Gasteiger partial charge in [-0.1, -0.05) is 13.0 Å². The van der Waals surface area contributed by atoms with E-state index in [1.165, 1.54) is 6.07 Å². The van der Waals surface area contributed by atoms with Crippen molar-refractivity contribution in [1.29, 1.82) is 0 Å². The van der Waals surface area contributed by atoms with Gasteiger partial charge in [0.2, 0.25) is 5.88 Å². The van der Waals surface area contributed by atoms with E-state index in [0.717, 1.165) is 54.9 Å². The van der Waals surface area contributed by atoms with E-state index in [0.29, 0.717) is 47.9 Å². The molecule has 1 saturated heterocycles. The topological polar surface area (TPSA) is 104 Å². The number of nitrogens with zero attached hydrogens (tertiary/aromatic N) is 6. The van der Waals surface area contributed by atoms with E-state index < -0.39 is 5.60 Å². The third-order valence-corrected chi connectivity index (χ3v) is 8.16. The first-order chi connectivity index (χ1) is 22.7. The molecular weight excluding hydrogens is 599 g/mol. The Hall–Kier alpha value is -4.48. The Balaban J connectivity index is 1.11. The Morgan fingerprint density at radius 2 is 1.74 bits per heavy atom. The highest BCUT2D eigenvalue weighted by Gasteiger charge is 2.25. The molecule has 0 unspecified atom stereocenters. The monoisotopic (exact) mass is 640 g/mol. The van der Waals surface area contributed by atoms with Crippen LogP contribution in [-0.2, 0) is 29.4 Å². The molecule has 3 aromatic heterocycles. The van der Waals surface area contributed by atoms with E-state index in [4.69, 9.17) is 24.2 Å². The lowest BCUT2D eigenvalue weighted by molar-refractivity contribution is 0.00695. The number of ether oxygens (including phenoxy) is 3. The molecule has 6 rings (SSSR count). The molecule has 0 spiro atoms. The van der Waals surface area contributed by atoms with Gasteiger partial charge in [0.05, 0.1) is 34.2 Å². The van der Waals surface area contributed by atoms with Crippen molar-refractivity contribution in [3.63, 3.8) is 0 Å². The van der Waals surface area contributed by atoms with E-state index in [9.17, 15) is 9.18 Å². The average Bonchev–Trinajstić information content (AvgIpc) is 3.39. The van der Waals surface area contributed by atoms with E-state index in [2.05, 4.69) is 26.4 Å². The lowest BCUT2D eigenvalue weighted by atomic mass is 9.93. The van der Waals surface area contributed by atoms with Crippen LogP contribution in [0, 0.1) is 5.82 Å². The number of fused-ring (bicyclic) bond motifs is 2. The van der Waals surface area contributed by atoms with Gasteiger partial charge in [0, 0.05) is 48.3 Å². The van der Waals surface area contributed by atoms with Crippen LogP contribution in [0.2, 0.25) is 0 Å². The number of carbonyl (C=O) groups excluding carboxylic acids is 1. The smallest absolute Gasteiger partial charge is 0.338 e. The van der Waals surface area contributed by atoms with Crippen LogP contribution in [0.25, 0.3) is 22.1 Å². The first-order valence-electron chi connectivity index (χ1n) is 16.2. The van der Waals surface area contributed by atoms with E-state index in [1.807, 2.05) is 45.0 Å². The second kappa shape index (κ2) is 14.1. The molecule has 47 heavy (non-hydrogen) atoms. The summed E-state index contributed by atoms with van der Waals surface area (Å²) in [7, 11) is 0. The standard InChI is InChI=1S/C36H41FN6O4/c1-5-17-45-23-43-32-19-25(35(44)47-36(2,3)4)9-10-29(32)40-33(43)21-42-15-11-24(12-16-42)28-7-6-8-34(41-28)46-22-26-18-30-31(20-27(26)37)39-14-13-38-30/h6-10,13-14,18-20,24H,5,11-12,15-17,21-23H2,1-4H3. The van der Waals surface area contributed by atoms with Gasteiger partial charge in [-0.15, -0.1) is 0 Å². The summed E-state index contributed by atoms with van der Waals surface area (Å²) >= 11 is 0. The van der Waals surface area contributed by atoms with Crippen molar-refractivity contribution in [2.24, 2.45) is 0 Å². The highest BCUT2D eigenvalue weighted by Crippen LogP contribution is 2.30. The summed E-state index contributed by atoms with van der Waals surface area (Å²) in [6, 6.07) is 14.3. The number of halogens is 1. The SMILES string of the molecule is CCCOCn1c(CN2CCC(c3cccc(OCc4cc5nccnc5cc4F)n3)CC2)nc2ccc(C(=O)OC(C)(C)C)cc21. The first kappa shape index (κ1) is 32.5. The molecule has 11 heteroatoms. The van der Waals surface area contributed by atoms with E-state index in [-0.39, 0.29) is 24.3 Å². The summed E-state index contributed by atoms with van der Waals surface area (Å²) < 4.78 is 34.2. The lowest BCUT2D eigenvalue weighted by Gasteiger charge is -2.31. The van der Waals surface area contributed by atoms with Crippen molar-refractivity contribution >= 4 is 28.0 Å². The highest BCUT2D eigenvalue weighted by atomic mass is 19.1. The maximum Gasteiger partial charge on any atom is 0.338 e. The molecule has 5 aromatic rings. The summed E-state index contributed by atoms with van der Waals surface area (Å²) in [6.07, 6.45) is 5.91. The number of hydrogen-bond acceptors (Lipinski definition) is 9. The van der Waals surface area contributed by atoms with Crippen molar-refractivity contribution in [3.8, 4) is 5.88 Å². The molecule has 1 fully saturated rings. The minimum atomic E-state index is -0.578. The number of benzene rings is 2. The molecule has 0 bridgehead atoms. The normalized spacial score (nSPS) is 14.6. The predicted octanol–water partition coefficient (Wildman–Crippen LogP) is 6.81. The Kier molecular flexibility index (Phi) is 9.74. The molecule has 10 nitrogen and oxygen atoms in total. The number of piperidine rings is 1. The van der Waals surface area contributed by atoms with Crippen molar-refractivity contribution in [2.45, 2.75) is 78.4 Å². The molecule has 2 aromatic carbocycles. The third-order valence-electron chi connectivity index (χ3n) is 8.16. The first-order valence-corrected chi connectivity index (χ1v) is 16.2. The second-order valence-corrected chi connectivity index (χ2v) is 12.9. The van der Waals surface area contributed by atoms with Crippen molar-refractivity contribution in [3.05, 3.63) is 89.4 Å². The molecule has 0 aliphatic carbocycles. The summed E-state index contributed by atoms with van der Waals surface area (Å²) in [5, 5.41) is 0. The Morgan fingerprint density at radius 3 is 2.49 bits per heavy atom. The van der Waals surface area contributed by atoms with Crippen LogP contribution >= 0.6 is 0 Å². The van der Waals surface area contributed by atoms with E-state index >= 15 is 0 Å². The third kappa shape index (κ3) is 7.91. The maximum atomic E-state index is 14.6. The number of aromatic nitrogens is 5. The van der Waals surface area contributed by atoms with Gasteiger partial charge in [0.25, 0.3) is 0 Å². The van der Waals surface area contributed by atoms with Gasteiger partial charge in [0.1, 0.15) is 30.6 Å². The Labute approximate surface area is 273 Å². The maximum absolute atomic E-state index is 14.6. The fourth-order valence-corrected chi connectivity index (χ4v) is 5.82. The zero-order chi connectivity index (χ0) is 33.0. The predicted molar refractivity (Wildman–Crippen MR) is 176 cm³/mol. The molecule has 0 radical (unpaired) electrons. The molecule has 246 valence electrons. The molecule has 0 atom stereocenters. The molecule has 1 aliphatic rings. The molecule has 0 saturated carbocycles. The van der Waals surface area contributed by atoms with Gasteiger partial charge >= 0.3 is 5.97 Å². The number of rotatable bonds is 11. The molecular formula is C36H41FN6O4. The van der Waals surface area contributed by atoms with Gasteiger partial charge in [-0.2, -0.15) is 0 Å². The quantitative estimate of drug-likeness (QED) is 0.114. The van der Waals surface area contributed by atoms with Crippen LogP contribution in [0.4, 0.5) is 4.39 Å². The number of carbonyl (C=O) groups is 1. The second-order valence-electron chi connectivity index (χ2n) is 12.9. The lowest BCUT2D eigenvalue weighted by Crippen LogP contribution is -2.33. The average molecular weight is 641 g/mol. The van der Waals surface area contributed by atoms with Crippen molar-refractivity contribution < 1.29 is 23.4 Å². The van der Waals surface area contributed by atoms with Gasteiger partial charge in [-0.25, -0.2) is 19.2 Å². The van der Waals surface area contributed by atoms with Gasteiger partial charge in [0.15, 0.2) is 0 Å². The minimum Gasteiger partial charge on any atom is -0.473 e. The van der Waals surface area contributed by atoms with Crippen molar-refractivity contribution in [1.82, 2.24) is 29.4 Å². The summed E-state index contributed by atoms with van der Waals surface area (Å²) in [6.45, 7) is 11.1. The molecule has 0 N–H and O–H groups in total. The number of pyridine rings is 1. The fourth-order valence-electron chi connectivity index (χ4n) is 5.82. The zero-order valence-corrected chi connectivity index (χ0v) is 27.4. The van der Waals surface area contributed by atoms with Crippen LogP contribution in [0.5, 0.6) is 5.88 Å². The van der Waals surface area contributed by atoms with Gasteiger partial charge in [-0.05, 0) is 83.5 Å². The zero-order valence-electron chi connectivity index (χ0n) is 27.4. The van der Waals surface area contributed by atoms with Gasteiger partial charge in [-0.3, -0.25) is 14.9 Å². The van der Waals surface area contributed by atoms with Crippen LogP contribution in [-0.4, -0.2) is 60.7 Å². The number of esters is 1. The summed E-state index contributed by atoms with van der Waals surface area (Å²) in [4.78, 5) is 33.3. The largest absolute Gasteiger partial charge is 0.473 e. The minimum absolute atomic E-state index is 0.0511. The number of hydrogen-bond donors (Lipinski definition) is 0. The molecule has 1 aliphatic heterocycles. The van der Waals surface area contributed by atoms with Crippen LogP contribution in [0.1, 0.15) is 80.3 Å². The van der Waals surface area contributed by atoms with Crippen LogP contribution in [0.3, 0.4) is 0 Å². The molecule has 0 amide bonds. The summed E-state index contributed by atoms with van der Waals surface area (Å²) in [5.74, 6) is 0.913. The van der Waals surface area contributed by atoms with Crippen molar-refractivity contribution in [2.75, 3.05) is 19.7 Å². The Morgan fingerprint density at radius 1 is 0.979 bits per heavy atom. The van der Waals surface area contributed by atoms with E-state index in [1.54, 1.807) is 30.6 Å². The molecule has 4 heterocycles. The Bertz CT molecular complexity index is 1860. The number of imidazole rings is 1. The van der Waals surface area contributed by atoms with Crippen LogP contribution < -0.4 is 4.74 Å². The van der Waals surface area contributed by atoms with Gasteiger partial charge < -0.3 is 18.8 Å².